The molecule has 3 aromatic rings. The Morgan fingerprint density at radius 2 is 1.67 bits per heavy atom. The Morgan fingerprint density at radius 3 is 2.41 bits per heavy atom. The molecular formula is C22H20O5. The molecule has 1 aliphatic heterocycles. The minimum atomic E-state index is -0.283. The van der Waals surface area contributed by atoms with Crippen molar-refractivity contribution in [1.82, 2.24) is 0 Å². The molecule has 0 aromatic heterocycles. The van der Waals surface area contributed by atoms with E-state index in [1.807, 2.05) is 24.3 Å². The highest BCUT2D eigenvalue weighted by Gasteiger charge is 2.35. The summed E-state index contributed by atoms with van der Waals surface area (Å²) in [5.74, 6) is 1.43. The maximum atomic E-state index is 12.4. The molecule has 5 heteroatoms. The second-order valence-corrected chi connectivity index (χ2v) is 6.36. The van der Waals surface area contributed by atoms with E-state index in [0.717, 1.165) is 21.9 Å². The van der Waals surface area contributed by atoms with Crippen LogP contribution in [-0.4, -0.2) is 27.3 Å². The summed E-state index contributed by atoms with van der Waals surface area (Å²) in [5, 5.41) is 2.22. The lowest BCUT2D eigenvalue weighted by Gasteiger charge is -2.29. The maximum absolute atomic E-state index is 12.4. The molecule has 0 spiro atoms. The van der Waals surface area contributed by atoms with E-state index in [4.69, 9.17) is 18.9 Å². The minimum absolute atomic E-state index is 0.206. The fourth-order valence-electron chi connectivity index (χ4n) is 3.82. The Hall–Kier alpha value is -3.21. The van der Waals surface area contributed by atoms with Gasteiger partial charge >= 0.3 is 5.97 Å². The van der Waals surface area contributed by atoms with Gasteiger partial charge in [-0.3, -0.25) is 4.79 Å². The lowest BCUT2D eigenvalue weighted by atomic mass is 9.83. The molecule has 0 fully saturated rings. The molecule has 3 aromatic carbocycles. The zero-order valence-corrected chi connectivity index (χ0v) is 15.4. The summed E-state index contributed by atoms with van der Waals surface area (Å²) in [6.07, 6.45) is 0.229. The summed E-state index contributed by atoms with van der Waals surface area (Å²) in [7, 11) is 4.68. The van der Waals surface area contributed by atoms with Crippen LogP contribution in [0.15, 0.2) is 48.5 Å². The molecule has 1 heterocycles. The average molecular weight is 364 g/mol. The van der Waals surface area contributed by atoms with Gasteiger partial charge in [0.1, 0.15) is 5.75 Å². The van der Waals surface area contributed by atoms with E-state index in [-0.39, 0.29) is 18.3 Å². The Kier molecular flexibility index (Phi) is 4.36. The molecule has 0 radical (unpaired) electrons. The van der Waals surface area contributed by atoms with E-state index in [1.165, 1.54) is 7.11 Å². The van der Waals surface area contributed by atoms with E-state index in [1.54, 1.807) is 20.3 Å². The van der Waals surface area contributed by atoms with Crippen LogP contribution in [-0.2, 0) is 4.79 Å². The molecule has 0 bridgehead atoms. The van der Waals surface area contributed by atoms with Gasteiger partial charge < -0.3 is 18.9 Å². The van der Waals surface area contributed by atoms with E-state index in [2.05, 4.69) is 18.2 Å². The van der Waals surface area contributed by atoms with Crippen LogP contribution in [0, 0.1) is 0 Å². The van der Waals surface area contributed by atoms with Crippen molar-refractivity contribution in [2.75, 3.05) is 21.3 Å². The van der Waals surface area contributed by atoms with Gasteiger partial charge in [-0.05, 0) is 16.3 Å². The summed E-state index contributed by atoms with van der Waals surface area (Å²) >= 11 is 0. The van der Waals surface area contributed by atoms with Crippen LogP contribution in [0.3, 0.4) is 0 Å². The average Bonchev–Trinajstić information content (AvgIpc) is 2.71. The van der Waals surface area contributed by atoms with Crippen LogP contribution < -0.4 is 18.9 Å². The van der Waals surface area contributed by atoms with Crippen LogP contribution in [0.5, 0.6) is 23.0 Å². The molecule has 27 heavy (non-hydrogen) atoms. The molecule has 0 saturated carbocycles. The molecule has 4 rings (SSSR count). The quantitative estimate of drug-likeness (QED) is 0.510. The van der Waals surface area contributed by atoms with E-state index in [0.29, 0.717) is 23.0 Å². The van der Waals surface area contributed by atoms with Crippen molar-refractivity contribution < 1.29 is 23.7 Å². The van der Waals surface area contributed by atoms with Crippen molar-refractivity contribution in [1.29, 1.82) is 0 Å². The molecule has 138 valence electrons. The van der Waals surface area contributed by atoms with Gasteiger partial charge in [0.05, 0.1) is 27.8 Å². The SMILES string of the molecule is COc1cc2c(c(OC)c1OC)[C@H](c1cccc3ccccc13)CC(=O)O2. The predicted octanol–water partition coefficient (Wildman–Crippen LogP) is 4.31. The zero-order chi connectivity index (χ0) is 19.0. The number of carbonyl (C=O) groups is 1. The van der Waals surface area contributed by atoms with Crippen molar-refractivity contribution in [2.45, 2.75) is 12.3 Å². The number of ether oxygens (including phenoxy) is 4. The second kappa shape index (κ2) is 6.83. The Bertz CT molecular complexity index is 1020. The molecule has 0 unspecified atom stereocenters. The van der Waals surface area contributed by atoms with E-state index in [9.17, 15) is 4.79 Å². The molecular weight excluding hydrogens is 344 g/mol. The smallest absolute Gasteiger partial charge is 0.312 e. The van der Waals surface area contributed by atoms with Crippen LogP contribution in [0.25, 0.3) is 10.8 Å². The van der Waals surface area contributed by atoms with Gasteiger partial charge in [0.2, 0.25) is 5.75 Å². The Morgan fingerprint density at radius 1 is 0.926 bits per heavy atom. The number of hydrogen-bond donors (Lipinski definition) is 0. The highest BCUT2D eigenvalue weighted by molar-refractivity contribution is 5.89. The van der Waals surface area contributed by atoms with Gasteiger partial charge in [-0.2, -0.15) is 0 Å². The van der Waals surface area contributed by atoms with Crippen LogP contribution in [0.4, 0.5) is 0 Å². The first-order valence-electron chi connectivity index (χ1n) is 8.69. The number of benzene rings is 3. The fraction of sp³-hybridized carbons (Fsp3) is 0.227. The third-order valence-electron chi connectivity index (χ3n) is 4.97. The topological polar surface area (TPSA) is 54.0 Å². The maximum Gasteiger partial charge on any atom is 0.312 e. The number of fused-ring (bicyclic) bond motifs is 2. The lowest BCUT2D eigenvalue weighted by Crippen LogP contribution is -2.22. The van der Waals surface area contributed by atoms with Crippen molar-refractivity contribution in [2.24, 2.45) is 0 Å². The van der Waals surface area contributed by atoms with Crippen LogP contribution >= 0.6 is 0 Å². The van der Waals surface area contributed by atoms with Crippen molar-refractivity contribution in [3.05, 3.63) is 59.7 Å². The van der Waals surface area contributed by atoms with Gasteiger partial charge in [-0.15, -0.1) is 0 Å². The van der Waals surface area contributed by atoms with Gasteiger partial charge in [0, 0.05) is 17.5 Å². The molecule has 0 amide bonds. The summed E-state index contributed by atoms with van der Waals surface area (Å²) in [4.78, 5) is 12.4. The third-order valence-corrected chi connectivity index (χ3v) is 4.97. The standard InChI is InChI=1S/C22H20O5/c1-24-18-12-17-20(22(26-3)21(18)25-2)16(11-19(23)27-17)15-10-6-8-13-7-4-5-9-14(13)15/h4-10,12,16H,11H2,1-3H3/t16-/m0/s1. The van der Waals surface area contributed by atoms with Gasteiger partial charge in [0.25, 0.3) is 0 Å². The van der Waals surface area contributed by atoms with E-state index < -0.39 is 0 Å². The zero-order valence-electron chi connectivity index (χ0n) is 15.4. The Labute approximate surface area is 157 Å². The number of esters is 1. The summed E-state index contributed by atoms with van der Waals surface area (Å²) < 4.78 is 22.1. The Balaban J connectivity index is 2.01. The predicted molar refractivity (Wildman–Crippen MR) is 102 cm³/mol. The number of hydrogen-bond acceptors (Lipinski definition) is 5. The normalized spacial score (nSPS) is 15.8. The van der Waals surface area contributed by atoms with Crippen molar-refractivity contribution >= 4 is 16.7 Å². The van der Waals surface area contributed by atoms with Crippen molar-refractivity contribution in [3.63, 3.8) is 0 Å². The number of rotatable bonds is 4. The molecule has 0 N–H and O–H groups in total. The first-order chi connectivity index (χ1) is 13.2. The van der Waals surface area contributed by atoms with Gasteiger partial charge in [-0.1, -0.05) is 42.5 Å². The molecule has 1 atom stereocenters. The first kappa shape index (κ1) is 17.2. The summed E-state index contributed by atoms with van der Waals surface area (Å²) in [6.45, 7) is 0. The van der Waals surface area contributed by atoms with E-state index >= 15 is 0 Å². The third kappa shape index (κ3) is 2.76. The number of methoxy groups -OCH3 is 3. The fourth-order valence-corrected chi connectivity index (χ4v) is 3.82. The van der Waals surface area contributed by atoms with Crippen molar-refractivity contribution in [3.8, 4) is 23.0 Å². The van der Waals surface area contributed by atoms with Gasteiger partial charge in [0.15, 0.2) is 11.5 Å². The summed E-state index contributed by atoms with van der Waals surface area (Å²) in [5.41, 5.74) is 1.85. The van der Waals surface area contributed by atoms with Crippen LogP contribution in [0.2, 0.25) is 0 Å². The minimum Gasteiger partial charge on any atom is -0.493 e. The lowest BCUT2D eigenvalue weighted by molar-refractivity contribution is -0.135. The van der Waals surface area contributed by atoms with Gasteiger partial charge in [-0.25, -0.2) is 0 Å². The molecule has 1 aliphatic rings. The first-order valence-corrected chi connectivity index (χ1v) is 8.69. The highest BCUT2D eigenvalue weighted by Crippen LogP contribution is 2.52. The monoisotopic (exact) mass is 364 g/mol. The highest BCUT2D eigenvalue weighted by atomic mass is 16.5. The largest absolute Gasteiger partial charge is 0.493 e. The second-order valence-electron chi connectivity index (χ2n) is 6.36. The summed E-state index contributed by atoms with van der Waals surface area (Å²) in [6, 6.07) is 15.9. The molecule has 0 aliphatic carbocycles. The molecule has 5 nitrogen and oxygen atoms in total. The number of carbonyl (C=O) groups excluding carboxylic acids is 1. The van der Waals surface area contributed by atoms with Crippen LogP contribution in [0.1, 0.15) is 23.5 Å². The molecule has 0 saturated heterocycles.